The number of esters is 1. The van der Waals surface area contributed by atoms with E-state index in [1.54, 1.807) is 25.1 Å². The number of hydrogen-bond donors (Lipinski definition) is 0. The molecule has 2 aromatic rings. The summed E-state index contributed by atoms with van der Waals surface area (Å²) < 4.78 is 33.3. The molecule has 0 saturated carbocycles. The first-order valence-corrected chi connectivity index (χ1v) is 6.07. The lowest BCUT2D eigenvalue weighted by molar-refractivity contribution is -0.141. The predicted octanol–water partition coefficient (Wildman–Crippen LogP) is 3.72. The summed E-state index contributed by atoms with van der Waals surface area (Å²) in [5.74, 6) is -0.579. The highest BCUT2D eigenvalue weighted by atomic mass is 19.3. The van der Waals surface area contributed by atoms with Crippen LogP contribution in [-0.2, 0) is 9.53 Å². The van der Waals surface area contributed by atoms with E-state index in [-0.39, 0.29) is 17.6 Å². The normalized spacial score (nSPS) is 12.4. The van der Waals surface area contributed by atoms with Gasteiger partial charge in [0, 0.05) is 0 Å². The molecule has 0 aromatic heterocycles. The van der Waals surface area contributed by atoms with Crippen LogP contribution < -0.4 is 4.74 Å². The van der Waals surface area contributed by atoms with Gasteiger partial charge in [-0.05, 0) is 35.4 Å². The number of hydrogen-bond acceptors (Lipinski definition) is 3. The van der Waals surface area contributed by atoms with Crippen LogP contribution in [0, 0.1) is 0 Å². The summed E-state index contributed by atoms with van der Waals surface area (Å²) in [5, 5.41) is 1.61. The van der Waals surface area contributed by atoms with Crippen LogP contribution in [0.2, 0.25) is 0 Å². The Morgan fingerprint density at radius 3 is 2.40 bits per heavy atom. The Bertz CT molecular complexity index is 626. The molecule has 0 spiro atoms. The average molecular weight is 280 g/mol. The van der Waals surface area contributed by atoms with Crippen LogP contribution in [-0.4, -0.2) is 19.7 Å². The number of benzene rings is 2. The Hall–Kier alpha value is -2.17. The number of ether oxygens (including phenoxy) is 2. The molecule has 0 heterocycles. The smallest absolute Gasteiger partial charge is 0.387 e. The van der Waals surface area contributed by atoms with Crippen LogP contribution in [0.5, 0.6) is 5.75 Å². The molecule has 0 radical (unpaired) electrons. The highest BCUT2D eigenvalue weighted by Crippen LogP contribution is 2.26. The van der Waals surface area contributed by atoms with Gasteiger partial charge in [-0.2, -0.15) is 8.78 Å². The number of halogens is 2. The maximum Gasteiger partial charge on any atom is 0.387 e. The summed E-state index contributed by atoms with van der Waals surface area (Å²) in [4.78, 5) is 11.5. The van der Waals surface area contributed by atoms with Gasteiger partial charge in [-0.15, -0.1) is 0 Å². The van der Waals surface area contributed by atoms with E-state index >= 15 is 0 Å². The largest absolute Gasteiger partial charge is 0.469 e. The molecule has 106 valence electrons. The molecular weight excluding hydrogens is 266 g/mol. The van der Waals surface area contributed by atoms with E-state index in [4.69, 9.17) is 4.74 Å². The lowest BCUT2D eigenvalue weighted by Gasteiger charge is -2.11. The van der Waals surface area contributed by atoms with E-state index in [0.29, 0.717) is 0 Å². The summed E-state index contributed by atoms with van der Waals surface area (Å²) in [6.45, 7) is -1.09. The zero-order valence-corrected chi connectivity index (χ0v) is 11.1. The minimum absolute atomic E-state index is 0.112. The molecule has 2 rings (SSSR count). The van der Waals surface area contributed by atoms with Gasteiger partial charge in [-0.25, -0.2) is 0 Å². The van der Waals surface area contributed by atoms with Gasteiger partial charge in [-0.1, -0.05) is 24.3 Å². The van der Waals surface area contributed by atoms with Gasteiger partial charge >= 0.3 is 12.6 Å². The van der Waals surface area contributed by atoms with E-state index in [9.17, 15) is 13.6 Å². The number of carbonyl (C=O) groups excluding carboxylic acids is 1. The summed E-state index contributed by atoms with van der Waals surface area (Å²) in [5.41, 5.74) is 0.812. The van der Waals surface area contributed by atoms with E-state index in [1.165, 1.54) is 19.2 Å². The van der Waals surface area contributed by atoms with Crippen LogP contribution >= 0.6 is 0 Å². The van der Waals surface area contributed by atoms with Crippen molar-refractivity contribution in [2.24, 2.45) is 0 Å². The molecule has 0 amide bonds. The van der Waals surface area contributed by atoms with Crippen LogP contribution in [0.1, 0.15) is 18.4 Å². The number of alkyl halides is 2. The fourth-order valence-corrected chi connectivity index (χ4v) is 2.00. The lowest BCUT2D eigenvalue weighted by Crippen LogP contribution is -2.10. The van der Waals surface area contributed by atoms with Crippen LogP contribution in [0.3, 0.4) is 0 Å². The summed E-state index contributed by atoms with van der Waals surface area (Å²) in [6.07, 6.45) is 0. The highest BCUT2D eigenvalue weighted by Gasteiger charge is 2.15. The van der Waals surface area contributed by atoms with Crippen molar-refractivity contribution >= 4 is 16.7 Å². The molecule has 0 aliphatic heterocycles. The van der Waals surface area contributed by atoms with Gasteiger partial charge in [0.15, 0.2) is 0 Å². The van der Waals surface area contributed by atoms with Gasteiger partial charge in [-0.3, -0.25) is 4.79 Å². The monoisotopic (exact) mass is 280 g/mol. The Labute approximate surface area is 115 Å². The maximum absolute atomic E-state index is 12.1. The van der Waals surface area contributed by atoms with Gasteiger partial charge in [0.1, 0.15) is 5.75 Å². The molecule has 0 aliphatic rings. The molecule has 0 bridgehead atoms. The molecule has 2 aromatic carbocycles. The zero-order chi connectivity index (χ0) is 14.7. The fraction of sp³-hybridized carbons (Fsp3) is 0.267. The van der Waals surface area contributed by atoms with Crippen LogP contribution in [0.15, 0.2) is 36.4 Å². The lowest BCUT2D eigenvalue weighted by atomic mass is 9.98. The van der Waals surface area contributed by atoms with Crippen molar-refractivity contribution < 1.29 is 23.0 Å². The number of carbonyl (C=O) groups is 1. The van der Waals surface area contributed by atoms with Crippen molar-refractivity contribution in [1.29, 1.82) is 0 Å². The summed E-state index contributed by atoms with van der Waals surface area (Å²) in [6, 6.07) is 10.1. The van der Waals surface area contributed by atoms with Crippen molar-refractivity contribution in [3.63, 3.8) is 0 Å². The minimum Gasteiger partial charge on any atom is -0.469 e. The molecule has 0 aliphatic carbocycles. The fourth-order valence-electron chi connectivity index (χ4n) is 2.00. The van der Waals surface area contributed by atoms with E-state index in [2.05, 4.69) is 4.74 Å². The molecule has 0 saturated heterocycles. The molecule has 0 fully saturated rings. The molecule has 1 atom stereocenters. The van der Waals surface area contributed by atoms with E-state index in [0.717, 1.165) is 16.3 Å². The van der Waals surface area contributed by atoms with Gasteiger partial charge in [0.2, 0.25) is 0 Å². The first-order valence-electron chi connectivity index (χ1n) is 6.07. The van der Waals surface area contributed by atoms with Crippen molar-refractivity contribution in [3.05, 3.63) is 42.0 Å². The zero-order valence-electron chi connectivity index (χ0n) is 11.1. The second kappa shape index (κ2) is 5.86. The third kappa shape index (κ3) is 3.04. The van der Waals surface area contributed by atoms with Crippen molar-refractivity contribution in [1.82, 2.24) is 0 Å². The first-order chi connectivity index (χ1) is 9.51. The SMILES string of the molecule is COC(=O)C(C)c1ccc2cc(OC(F)F)ccc2c1. The number of methoxy groups -OCH3 is 1. The van der Waals surface area contributed by atoms with E-state index in [1.807, 2.05) is 6.07 Å². The Balaban J connectivity index is 2.34. The summed E-state index contributed by atoms with van der Waals surface area (Å²) in [7, 11) is 1.34. The summed E-state index contributed by atoms with van der Waals surface area (Å²) >= 11 is 0. The van der Waals surface area contributed by atoms with Gasteiger partial charge in [0.05, 0.1) is 13.0 Å². The second-order valence-corrected chi connectivity index (χ2v) is 4.39. The van der Waals surface area contributed by atoms with Crippen molar-refractivity contribution in [2.75, 3.05) is 7.11 Å². The average Bonchev–Trinajstić information content (AvgIpc) is 2.44. The Kier molecular flexibility index (Phi) is 4.17. The topological polar surface area (TPSA) is 35.5 Å². The van der Waals surface area contributed by atoms with Crippen molar-refractivity contribution in [3.8, 4) is 5.75 Å². The van der Waals surface area contributed by atoms with E-state index < -0.39 is 6.61 Å². The highest BCUT2D eigenvalue weighted by molar-refractivity contribution is 5.86. The first kappa shape index (κ1) is 14.2. The Morgan fingerprint density at radius 1 is 1.10 bits per heavy atom. The third-order valence-electron chi connectivity index (χ3n) is 3.12. The number of rotatable bonds is 4. The molecule has 1 unspecified atom stereocenters. The molecule has 20 heavy (non-hydrogen) atoms. The molecular formula is C15H14F2O3. The third-order valence-corrected chi connectivity index (χ3v) is 3.12. The van der Waals surface area contributed by atoms with Crippen LogP contribution in [0.25, 0.3) is 10.8 Å². The van der Waals surface area contributed by atoms with Gasteiger partial charge in [0.25, 0.3) is 0 Å². The second-order valence-electron chi connectivity index (χ2n) is 4.39. The molecule has 5 heteroatoms. The number of fused-ring (bicyclic) bond motifs is 1. The predicted molar refractivity (Wildman–Crippen MR) is 71.0 cm³/mol. The Morgan fingerprint density at radius 2 is 1.75 bits per heavy atom. The van der Waals surface area contributed by atoms with Gasteiger partial charge < -0.3 is 9.47 Å². The maximum atomic E-state index is 12.1. The molecule has 3 nitrogen and oxygen atoms in total. The minimum atomic E-state index is -2.84. The van der Waals surface area contributed by atoms with Crippen molar-refractivity contribution in [2.45, 2.75) is 19.5 Å². The van der Waals surface area contributed by atoms with Crippen LogP contribution in [0.4, 0.5) is 8.78 Å². The quantitative estimate of drug-likeness (QED) is 0.801. The molecule has 0 N–H and O–H groups in total. The standard InChI is InChI=1S/C15H14F2O3/c1-9(14(18)19-2)10-3-4-12-8-13(20-15(16)17)6-5-11(12)7-10/h3-9,15H,1-2H3.